The first-order valence-corrected chi connectivity index (χ1v) is 54.2. The molecule has 4 heterocycles. The Morgan fingerprint density at radius 1 is 0.0946 bits per heavy atom. The van der Waals surface area contributed by atoms with Crippen molar-refractivity contribution in [2.24, 2.45) is 0 Å². The summed E-state index contributed by atoms with van der Waals surface area (Å²) in [5, 5.41) is 40.3. The van der Waals surface area contributed by atoms with Crippen LogP contribution >= 0.6 is 45.3 Å². The Balaban J connectivity index is 0.000000134. The fraction of sp³-hybridized carbons (Fsp3) is 0. The Morgan fingerprint density at radius 2 is 0.257 bits per heavy atom. The van der Waals surface area contributed by atoms with E-state index in [2.05, 4.69) is 510 Å². The van der Waals surface area contributed by atoms with Crippen molar-refractivity contribution in [1.29, 1.82) is 0 Å². The molecular formula is C144H84S4. The topological polar surface area (TPSA) is 0 Å². The number of benzene rings is 28. The minimum Gasteiger partial charge on any atom is -0.135 e. The summed E-state index contributed by atoms with van der Waals surface area (Å²) in [6, 6.07) is 192. The van der Waals surface area contributed by atoms with Crippen molar-refractivity contribution in [2.75, 3.05) is 0 Å². The van der Waals surface area contributed by atoms with Crippen molar-refractivity contribution in [3.05, 3.63) is 510 Å². The minimum atomic E-state index is 1.23. The normalized spacial score (nSPS) is 12.1. The third kappa shape index (κ3) is 13.1. The van der Waals surface area contributed by atoms with Crippen molar-refractivity contribution in [2.45, 2.75) is 0 Å². The van der Waals surface area contributed by atoms with Gasteiger partial charge in [0.2, 0.25) is 0 Å². The highest BCUT2D eigenvalue weighted by Gasteiger charge is 2.30. The van der Waals surface area contributed by atoms with Gasteiger partial charge in [-0.05, 0) is 290 Å². The molecule has 0 nitrogen and oxygen atoms in total. The van der Waals surface area contributed by atoms with Crippen molar-refractivity contribution >= 4 is 255 Å². The van der Waals surface area contributed by atoms with Crippen LogP contribution in [0.25, 0.3) is 321 Å². The van der Waals surface area contributed by atoms with Crippen LogP contribution in [0, 0.1) is 0 Å². The molecule has 0 N–H and O–H groups in total. The van der Waals surface area contributed by atoms with Gasteiger partial charge in [-0.3, -0.25) is 0 Å². The van der Waals surface area contributed by atoms with E-state index in [1.54, 1.807) is 0 Å². The highest BCUT2D eigenvalue weighted by Crippen LogP contribution is 2.58. The summed E-state index contributed by atoms with van der Waals surface area (Å²) in [7, 11) is 0. The molecule has 4 heteroatoms. The summed E-state index contributed by atoms with van der Waals surface area (Å²) >= 11 is 7.58. The number of hydrogen-bond donors (Lipinski definition) is 0. The van der Waals surface area contributed by atoms with Crippen LogP contribution in [-0.2, 0) is 0 Å². The van der Waals surface area contributed by atoms with Crippen molar-refractivity contribution < 1.29 is 0 Å². The molecule has 0 aliphatic heterocycles. The Morgan fingerprint density at radius 3 is 0.527 bits per heavy atom. The monoisotopic (exact) mass is 1940 g/mol. The molecule has 0 aliphatic rings. The molecule has 684 valence electrons. The SMILES string of the molecule is c1ccc2c(-c3cccc4c(-c5c6cccc(-c7cccc8c7sc7ccccc78)c6cc6c(-c7cccc8c7sc7ccccc78)cccc56)c5cccc(-c6cccc7ccccc67)c5cc34)cccc2c1.c1ccc2c(-c3cccc4c(-c5c6cccc(-c7cccc8sc9ccccc9c78)c6cc6c(-c7cccc8sc9ccccc9c78)cccc56)c5cccc(-c6cccc7ccccc67)c5cc34)cccc2c1. The third-order valence-corrected chi connectivity index (χ3v) is 36.5. The standard InChI is InChI=1S/2C72H42S2/c1-3-21-45-43(17-1)19-9-25-47(45)49-27-11-31-55-63(49)41-64-50(48-26-10-20-44-18-2-4-22-46(44)48)28-12-32-56(64)69(55)70-57-33-13-29-51(59-35-15-37-61-53-23-5-7-39-67(53)73-71(59)61)65(57)42-66-52(30-14-34-58(66)70)60-36-16-38-62-54-24-6-8-40-68(54)74-72(60)62;1-3-21-45-43(17-1)19-9-25-47(45)49-27-11-31-55-61(49)41-62-50(48-26-10-20-44-18-2-4-22-46(44)48)28-12-32-56(62)71(55)72-57-33-13-29-51(53-35-15-39-67-69(53)59-23-5-7-37-65(59)73-67)63(57)42-64-52(30-14-34-58(64)72)54-36-16-40-68-70(54)60-24-6-8-38-66(60)74-68/h2*1-42H. The fourth-order valence-electron chi connectivity index (χ4n) is 25.4. The van der Waals surface area contributed by atoms with E-state index in [-0.39, 0.29) is 0 Å². The molecule has 32 aromatic rings. The zero-order valence-electron chi connectivity index (χ0n) is 80.1. The zero-order valence-corrected chi connectivity index (χ0v) is 83.4. The van der Waals surface area contributed by atoms with Crippen LogP contribution in [0.4, 0.5) is 0 Å². The first kappa shape index (κ1) is 84.6. The summed E-state index contributed by atoms with van der Waals surface area (Å²) < 4.78 is 10.5. The largest absolute Gasteiger partial charge is 0.135 e. The number of thiophene rings is 4. The van der Waals surface area contributed by atoms with Crippen LogP contribution in [0.15, 0.2) is 510 Å². The third-order valence-electron chi connectivity index (χ3n) is 31.8. The summed E-state index contributed by atoms with van der Waals surface area (Å²) in [5.74, 6) is 0. The molecule has 0 amide bonds. The number of rotatable bonds is 10. The highest BCUT2D eigenvalue weighted by molar-refractivity contribution is 7.27. The minimum absolute atomic E-state index is 1.23. The molecule has 0 atom stereocenters. The maximum absolute atomic E-state index is 2.54. The van der Waals surface area contributed by atoms with E-state index >= 15 is 0 Å². The summed E-state index contributed by atoms with van der Waals surface area (Å²) in [5.41, 5.74) is 24.9. The van der Waals surface area contributed by atoms with Crippen molar-refractivity contribution in [1.82, 2.24) is 0 Å². The van der Waals surface area contributed by atoms with Gasteiger partial charge in [0.15, 0.2) is 0 Å². The quantitative estimate of drug-likeness (QED) is 0.120. The van der Waals surface area contributed by atoms with Gasteiger partial charge in [0, 0.05) is 91.8 Å². The second kappa shape index (κ2) is 33.9. The second-order valence-electron chi connectivity index (χ2n) is 39.4. The average molecular weight is 1940 g/mol. The molecule has 28 aromatic carbocycles. The molecule has 148 heavy (non-hydrogen) atoms. The van der Waals surface area contributed by atoms with Gasteiger partial charge >= 0.3 is 0 Å². The summed E-state index contributed by atoms with van der Waals surface area (Å²) in [4.78, 5) is 0. The predicted octanol–water partition coefficient (Wildman–Crippen LogP) is 43.4. The Bertz CT molecular complexity index is 10700. The van der Waals surface area contributed by atoms with Gasteiger partial charge in [-0.25, -0.2) is 0 Å². The average Bonchev–Trinajstić information content (AvgIpc) is 0.836. The Labute approximate surface area is 868 Å². The number of hydrogen-bond acceptors (Lipinski definition) is 4. The van der Waals surface area contributed by atoms with Crippen LogP contribution in [0.3, 0.4) is 0 Å². The highest BCUT2D eigenvalue weighted by atomic mass is 32.1. The van der Waals surface area contributed by atoms with E-state index in [4.69, 9.17) is 0 Å². The smallest absolute Gasteiger partial charge is 0.0434 e. The molecule has 0 unspecified atom stereocenters. The van der Waals surface area contributed by atoms with Crippen LogP contribution in [0.2, 0.25) is 0 Å². The van der Waals surface area contributed by atoms with E-state index in [1.165, 1.54) is 321 Å². The van der Waals surface area contributed by atoms with Crippen LogP contribution in [0.1, 0.15) is 0 Å². The zero-order chi connectivity index (χ0) is 96.9. The molecule has 0 aliphatic carbocycles. The molecular weight excluding hydrogens is 1860 g/mol. The first-order valence-electron chi connectivity index (χ1n) is 51.0. The molecule has 0 fully saturated rings. The van der Waals surface area contributed by atoms with E-state index in [9.17, 15) is 0 Å². The summed E-state index contributed by atoms with van der Waals surface area (Å²) in [6.45, 7) is 0. The lowest BCUT2D eigenvalue weighted by Gasteiger charge is -2.22. The maximum Gasteiger partial charge on any atom is 0.0434 e. The van der Waals surface area contributed by atoms with Gasteiger partial charge in [0.05, 0.1) is 0 Å². The van der Waals surface area contributed by atoms with Crippen molar-refractivity contribution in [3.63, 3.8) is 0 Å². The number of fused-ring (bicyclic) bond motifs is 24. The molecule has 0 bridgehead atoms. The van der Waals surface area contributed by atoms with Gasteiger partial charge in [-0.2, -0.15) is 0 Å². The van der Waals surface area contributed by atoms with E-state index in [1.807, 2.05) is 45.3 Å². The lowest BCUT2D eigenvalue weighted by Crippen LogP contribution is -1.95. The molecule has 32 rings (SSSR count). The molecule has 0 spiro atoms. The Hall–Kier alpha value is -17.8. The summed E-state index contributed by atoms with van der Waals surface area (Å²) in [6.07, 6.45) is 0. The predicted molar refractivity (Wildman–Crippen MR) is 649 cm³/mol. The van der Waals surface area contributed by atoms with Gasteiger partial charge in [0.25, 0.3) is 0 Å². The second-order valence-corrected chi connectivity index (χ2v) is 43.7. The fourth-order valence-corrected chi connectivity index (χ4v) is 30.1. The van der Waals surface area contributed by atoms with Crippen LogP contribution in [-0.4, -0.2) is 0 Å². The van der Waals surface area contributed by atoms with E-state index in [0.29, 0.717) is 0 Å². The van der Waals surface area contributed by atoms with Gasteiger partial charge in [-0.1, -0.05) is 449 Å². The van der Waals surface area contributed by atoms with Gasteiger partial charge < -0.3 is 0 Å². The van der Waals surface area contributed by atoms with Crippen LogP contribution < -0.4 is 0 Å². The van der Waals surface area contributed by atoms with Gasteiger partial charge in [-0.15, -0.1) is 45.3 Å². The van der Waals surface area contributed by atoms with Crippen LogP contribution in [0.5, 0.6) is 0 Å². The van der Waals surface area contributed by atoms with Crippen molar-refractivity contribution in [3.8, 4) is 111 Å². The lowest BCUT2D eigenvalue weighted by molar-refractivity contribution is 1.67. The maximum atomic E-state index is 2.54. The first-order chi connectivity index (χ1) is 73.5. The molecule has 0 radical (unpaired) electrons. The lowest BCUT2D eigenvalue weighted by atomic mass is 9.81. The molecule has 4 aromatic heterocycles. The van der Waals surface area contributed by atoms with E-state index < -0.39 is 0 Å². The molecule has 0 saturated heterocycles. The van der Waals surface area contributed by atoms with Gasteiger partial charge in [0.1, 0.15) is 0 Å². The Kier molecular flexibility index (Phi) is 19.4. The van der Waals surface area contributed by atoms with E-state index in [0.717, 1.165) is 0 Å². The molecule has 0 saturated carbocycles.